The van der Waals surface area contributed by atoms with Crippen LogP contribution < -0.4 is 10.6 Å². The van der Waals surface area contributed by atoms with Crippen LogP contribution in [0.5, 0.6) is 0 Å². The second-order valence-corrected chi connectivity index (χ2v) is 6.41. The number of oxazole rings is 1. The number of hydrogen-bond donors (Lipinski definition) is 2. The van der Waals surface area contributed by atoms with Crippen LogP contribution in [0.2, 0.25) is 0 Å². The van der Waals surface area contributed by atoms with Crippen LogP contribution in [0.1, 0.15) is 16.2 Å². The van der Waals surface area contributed by atoms with Crippen molar-refractivity contribution in [3.8, 4) is 17.1 Å². The number of carbonyl (C=O) groups excluding carboxylic acids is 2. The molecular formula is C21H18N6O3. The number of amides is 2. The largest absolute Gasteiger partial charge is 0.441 e. The molecule has 0 atom stereocenters. The molecule has 0 saturated heterocycles. The number of carbonyl (C=O) groups is 2. The van der Waals surface area contributed by atoms with E-state index in [9.17, 15) is 9.59 Å². The molecule has 0 aliphatic carbocycles. The van der Waals surface area contributed by atoms with Gasteiger partial charge in [0.25, 0.3) is 5.91 Å². The highest BCUT2D eigenvalue weighted by Crippen LogP contribution is 2.21. The van der Waals surface area contributed by atoms with Crippen LogP contribution in [0.3, 0.4) is 0 Å². The molecule has 0 bridgehead atoms. The molecule has 9 nitrogen and oxygen atoms in total. The zero-order valence-corrected chi connectivity index (χ0v) is 16.1. The van der Waals surface area contributed by atoms with Gasteiger partial charge in [0.2, 0.25) is 11.8 Å². The van der Waals surface area contributed by atoms with Crippen LogP contribution >= 0.6 is 0 Å². The van der Waals surface area contributed by atoms with E-state index in [0.717, 1.165) is 11.3 Å². The van der Waals surface area contributed by atoms with E-state index >= 15 is 0 Å². The molecule has 0 spiro atoms. The van der Waals surface area contributed by atoms with E-state index in [1.165, 1.54) is 6.33 Å². The highest BCUT2D eigenvalue weighted by molar-refractivity contribution is 5.99. The fourth-order valence-corrected chi connectivity index (χ4v) is 2.80. The topological polar surface area (TPSA) is 115 Å². The quantitative estimate of drug-likeness (QED) is 0.512. The highest BCUT2D eigenvalue weighted by Gasteiger charge is 2.18. The standard InChI is InChI=1S/C21H18N6O3/c1-14-19(26-21(30-14)15-5-3-2-4-6-15)20(29)23-11-18(28)25-16-7-9-17(10-8-16)27-13-22-12-24-27/h2-10,12-13H,11H2,1H3,(H,23,29)(H,25,28). The average molecular weight is 402 g/mol. The number of nitrogens with one attached hydrogen (secondary N) is 2. The van der Waals surface area contributed by atoms with E-state index in [1.54, 1.807) is 42.2 Å². The second kappa shape index (κ2) is 8.39. The predicted molar refractivity (Wildman–Crippen MR) is 109 cm³/mol. The van der Waals surface area contributed by atoms with Gasteiger partial charge in [-0.05, 0) is 43.3 Å². The third-order valence-corrected chi connectivity index (χ3v) is 4.28. The minimum Gasteiger partial charge on any atom is -0.441 e. The van der Waals surface area contributed by atoms with Crippen LogP contribution in [0.15, 0.2) is 71.7 Å². The lowest BCUT2D eigenvalue weighted by molar-refractivity contribution is -0.115. The van der Waals surface area contributed by atoms with Gasteiger partial charge in [0.1, 0.15) is 18.4 Å². The van der Waals surface area contributed by atoms with Gasteiger partial charge in [-0.2, -0.15) is 5.10 Å². The van der Waals surface area contributed by atoms with Crippen molar-refractivity contribution in [2.75, 3.05) is 11.9 Å². The molecule has 2 N–H and O–H groups in total. The number of hydrogen-bond acceptors (Lipinski definition) is 6. The summed E-state index contributed by atoms with van der Waals surface area (Å²) in [5.41, 5.74) is 2.34. The highest BCUT2D eigenvalue weighted by atomic mass is 16.4. The van der Waals surface area contributed by atoms with E-state index < -0.39 is 5.91 Å². The summed E-state index contributed by atoms with van der Waals surface area (Å²) in [5, 5.41) is 9.33. The van der Waals surface area contributed by atoms with Crippen molar-refractivity contribution >= 4 is 17.5 Å². The van der Waals surface area contributed by atoms with Gasteiger partial charge in [0.05, 0.1) is 12.2 Å². The molecule has 2 aromatic heterocycles. The average Bonchev–Trinajstić information content (AvgIpc) is 3.43. The molecule has 2 heterocycles. The Hall–Kier alpha value is -4.27. The molecule has 2 aromatic carbocycles. The Bertz CT molecular complexity index is 1150. The molecule has 30 heavy (non-hydrogen) atoms. The molecular weight excluding hydrogens is 384 g/mol. The number of anilines is 1. The lowest BCUT2D eigenvalue weighted by Crippen LogP contribution is -2.33. The number of aromatic nitrogens is 4. The van der Waals surface area contributed by atoms with Crippen molar-refractivity contribution < 1.29 is 14.0 Å². The molecule has 4 aromatic rings. The smallest absolute Gasteiger partial charge is 0.273 e. The van der Waals surface area contributed by atoms with Gasteiger partial charge < -0.3 is 15.1 Å². The summed E-state index contributed by atoms with van der Waals surface area (Å²) in [6, 6.07) is 16.4. The molecule has 4 rings (SSSR count). The van der Waals surface area contributed by atoms with Gasteiger partial charge in [0.15, 0.2) is 5.69 Å². The summed E-state index contributed by atoms with van der Waals surface area (Å²) in [6.07, 6.45) is 3.02. The van der Waals surface area contributed by atoms with Crippen LogP contribution in [0.4, 0.5) is 5.69 Å². The lowest BCUT2D eigenvalue weighted by Gasteiger charge is -2.07. The number of benzene rings is 2. The zero-order valence-electron chi connectivity index (χ0n) is 16.1. The van der Waals surface area contributed by atoms with Gasteiger partial charge in [-0.3, -0.25) is 9.59 Å². The molecule has 0 aliphatic heterocycles. The molecule has 9 heteroatoms. The summed E-state index contributed by atoms with van der Waals surface area (Å²) >= 11 is 0. The fraction of sp³-hybridized carbons (Fsp3) is 0.0952. The Morgan fingerprint density at radius 1 is 1.07 bits per heavy atom. The van der Waals surface area contributed by atoms with Gasteiger partial charge in [-0.15, -0.1) is 0 Å². The van der Waals surface area contributed by atoms with Crippen LogP contribution in [-0.4, -0.2) is 38.1 Å². The zero-order chi connectivity index (χ0) is 20.9. The molecule has 2 amide bonds. The maximum absolute atomic E-state index is 12.4. The van der Waals surface area contributed by atoms with Crippen molar-refractivity contribution in [2.24, 2.45) is 0 Å². The summed E-state index contributed by atoms with van der Waals surface area (Å²) < 4.78 is 7.19. The van der Waals surface area contributed by atoms with Crippen LogP contribution in [0.25, 0.3) is 17.1 Å². The van der Waals surface area contributed by atoms with Gasteiger partial charge >= 0.3 is 0 Å². The molecule has 0 saturated carbocycles. The predicted octanol–water partition coefficient (Wildman–Crippen LogP) is 2.60. The van der Waals surface area contributed by atoms with Crippen molar-refractivity contribution in [2.45, 2.75) is 6.92 Å². The van der Waals surface area contributed by atoms with Crippen molar-refractivity contribution in [1.82, 2.24) is 25.1 Å². The van der Waals surface area contributed by atoms with Crippen LogP contribution in [-0.2, 0) is 4.79 Å². The molecule has 150 valence electrons. The van der Waals surface area contributed by atoms with Gasteiger partial charge in [-0.25, -0.2) is 14.6 Å². The molecule has 0 radical (unpaired) electrons. The summed E-state index contributed by atoms with van der Waals surface area (Å²) in [4.78, 5) is 32.7. The molecule has 0 fully saturated rings. The monoisotopic (exact) mass is 402 g/mol. The summed E-state index contributed by atoms with van der Waals surface area (Å²) in [5.74, 6) is -0.0953. The van der Waals surface area contributed by atoms with Gasteiger partial charge in [0, 0.05) is 11.3 Å². The van der Waals surface area contributed by atoms with Crippen molar-refractivity contribution in [1.29, 1.82) is 0 Å². The Labute approximate surface area is 171 Å². The Kier molecular flexibility index (Phi) is 5.33. The maximum Gasteiger partial charge on any atom is 0.273 e. The Morgan fingerprint density at radius 3 is 2.53 bits per heavy atom. The first-order chi connectivity index (χ1) is 14.6. The number of nitrogens with zero attached hydrogens (tertiary/aromatic N) is 4. The minimum atomic E-state index is -0.477. The third kappa shape index (κ3) is 4.25. The fourth-order valence-electron chi connectivity index (χ4n) is 2.80. The van der Waals surface area contributed by atoms with Crippen LogP contribution in [0, 0.1) is 6.92 Å². The van der Waals surface area contributed by atoms with Gasteiger partial charge in [-0.1, -0.05) is 18.2 Å². The van der Waals surface area contributed by atoms with E-state index in [2.05, 4.69) is 25.7 Å². The first kappa shape index (κ1) is 19.1. The maximum atomic E-state index is 12.4. The summed E-state index contributed by atoms with van der Waals surface area (Å²) in [6.45, 7) is 1.46. The Morgan fingerprint density at radius 2 is 1.83 bits per heavy atom. The number of rotatable bonds is 6. The third-order valence-electron chi connectivity index (χ3n) is 4.28. The van der Waals surface area contributed by atoms with E-state index in [1.807, 2.05) is 30.3 Å². The normalized spacial score (nSPS) is 10.6. The molecule has 0 unspecified atom stereocenters. The van der Waals surface area contributed by atoms with E-state index in [0.29, 0.717) is 17.3 Å². The first-order valence-corrected chi connectivity index (χ1v) is 9.16. The van der Waals surface area contributed by atoms with E-state index in [4.69, 9.17) is 4.42 Å². The van der Waals surface area contributed by atoms with E-state index in [-0.39, 0.29) is 18.1 Å². The summed E-state index contributed by atoms with van der Waals surface area (Å²) in [7, 11) is 0. The SMILES string of the molecule is Cc1oc(-c2ccccc2)nc1C(=O)NCC(=O)Nc1ccc(-n2cncn2)cc1. The Balaban J connectivity index is 1.34. The number of aryl methyl sites for hydroxylation is 1. The van der Waals surface area contributed by atoms with Crippen molar-refractivity contribution in [3.63, 3.8) is 0 Å². The van der Waals surface area contributed by atoms with Crippen molar-refractivity contribution in [3.05, 3.63) is 78.7 Å². The molecule has 0 aliphatic rings. The second-order valence-electron chi connectivity index (χ2n) is 6.41. The lowest BCUT2D eigenvalue weighted by atomic mass is 10.2. The first-order valence-electron chi connectivity index (χ1n) is 9.16. The minimum absolute atomic E-state index is 0.152.